The van der Waals surface area contributed by atoms with Crippen LogP contribution in [0.1, 0.15) is 24.4 Å². The molecule has 5 nitrogen and oxygen atoms in total. The van der Waals surface area contributed by atoms with Crippen LogP contribution in [0.15, 0.2) is 54.6 Å². The topological polar surface area (TPSA) is 72.9 Å². The third-order valence-electron chi connectivity index (χ3n) is 4.20. The average molecular weight is 322 g/mol. The number of carbonyl (C=O) groups excluding carboxylic acids is 1. The van der Waals surface area contributed by atoms with Gasteiger partial charge in [0, 0.05) is 7.05 Å². The predicted octanol–water partition coefficient (Wildman–Crippen LogP) is 2.32. The fraction of sp³-hybridized carbons (Fsp3) is 0.263. The van der Waals surface area contributed by atoms with Gasteiger partial charge in [-0.05, 0) is 31.0 Å². The summed E-state index contributed by atoms with van der Waals surface area (Å²) in [6, 6.07) is 16.9. The van der Waals surface area contributed by atoms with Crippen molar-refractivity contribution in [1.29, 1.82) is 0 Å². The second-order valence-electron chi connectivity index (χ2n) is 6.04. The van der Waals surface area contributed by atoms with Crippen LogP contribution in [0.2, 0.25) is 0 Å². The number of aromatic nitrogens is 2. The number of hydrogen-bond acceptors (Lipinski definition) is 3. The zero-order valence-corrected chi connectivity index (χ0v) is 13.9. The molecule has 24 heavy (non-hydrogen) atoms. The minimum atomic E-state index is -0.579. The summed E-state index contributed by atoms with van der Waals surface area (Å²) in [6.07, 6.45) is 0.516. The number of nitrogens with one attached hydrogen (secondary N) is 1. The zero-order chi connectivity index (χ0) is 17.1. The number of fused-ring (bicyclic) bond motifs is 1. The molecule has 0 saturated carbocycles. The van der Waals surface area contributed by atoms with Gasteiger partial charge in [0.1, 0.15) is 5.82 Å². The number of nitrogens with zero attached hydrogens (tertiary/aromatic N) is 2. The van der Waals surface area contributed by atoms with Crippen molar-refractivity contribution in [2.75, 3.05) is 0 Å². The lowest BCUT2D eigenvalue weighted by atomic mass is 10.1. The van der Waals surface area contributed by atoms with Gasteiger partial charge in [-0.15, -0.1) is 0 Å². The maximum absolute atomic E-state index is 12.4. The highest BCUT2D eigenvalue weighted by Crippen LogP contribution is 2.19. The second-order valence-corrected chi connectivity index (χ2v) is 6.04. The van der Waals surface area contributed by atoms with Gasteiger partial charge < -0.3 is 15.6 Å². The summed E-state index contributed by atoms with van der Waals surface area (Å²) in [5.41, 5.74) is 9.07. The molecule has 0 saturated heterocycles. The van der Waals surface area contributed by atoms with Crippen molar-refractivity contribution in [3.63, 3.8) is 0 Å². The van der Waals surface area contributed by atoms with Gasteiger partial charge in [-0.3, -0.25) is 4.79 Å². The number of amides is 1. The van der Waals surface area contributed by atoms with E-state index in [4.69, 9.17) is 5.73 Å². The van der Waals surface area contributed by atoms with Crippen LogP contribution in [0.5, 0.6) is 0 Å². The maximum atomic E-state index is 12.4. The van der Waals surface area contributed by atoms with Crippen LogP contribution in [-0.2, 0) is 18.3 Å². The zero-order valence-electron chi connectivity index (χ0n) is 13.9. The number of hydrogen-bond donors (Lipinski definition) is 2. The highest BCUT2D eigenvalue weighted by Gasteiger charge is 2.20. The Hall–Kier alpha value is -2.66. The van der Waals surface area contributed by atoms with E-state index < -0.39 is 6.04 Å². The summed E-state index contributed by atoms with van der Waals surface area (Å²) in [5, 5.41) is 2.97. The van der Waals surface area contributed by atoms with Crippen LogP contribution < -0.4 is 11.1 Å². The van der Waals surface area contributed by atoms with Crippen LogP contribution in [0.4, 0.5) is 0 Å². The summed E-state index contributed by atoms with van der Waals surface area (Å²) in [5.74, 6) is 0.648. The molecule has 0 spiro atoms. The molecule has 124 valence electrons. The molecule has 2 unspecified atom stereocenters. The molecule has 0 bridgehead atoms. The number of carbonyl (C=O) groups is 1. The number of aryl methyl sites for hydroxylation is 1. The molecule has 0 radical (unpaired) electrons. The lowest BCUT2D eigenvalue weighted by molar-refractivity contribution is -0.123. The molecule has 5 heteroatoms. The smallest absolute Gasteiger partial charge is 0.237 e. The van der Waals surface area contributed by atoms with Gasteiger partial charge in [0.25, 0.3) is 0 Å². The van der Waals surface area contributed by atoms with E-state index in [2.05, 4.69) is 10.3 Å². The first kappa shape index (κ1) is 16.2. The second kappa shape index (κ2) is 6.84. The van der Waals surface area contributed by atoms with Crippen LogP contribution in [0.3, 0.4) is 0 Å². The summed E-state index contributed by atoms with van der Waals surface area (Å²) < 4.78 is 2.00. The minimum Gasteiger partial charge on any atom is -0.345 e. The molecule has 3 N–H and O–H groups in total. The Morgan fingerprint density at radius 3 is 2.54 bits per heavy atom. The lowest BCUT2D eigenvalue weighted by Crippen LogP contribution is -2.43. The molecule has 3 aromatic rings. The standard InChI is InChI=1S/C19H22N4O/c1-13(18-22-16-10-6-7-11-17(16)23(18)2)21-19(24)15(20)12-14-8-4-3-5-9-14/h3-11,13,15H,12,20H2,1-2H3,(H,21,24). The molecular formula is C19H22N4O. The summed E-state index contributed by atoms with van der Waals surface area (Å²) in [7, 11) is 1.96. The predicted molar refractivity (Wildman–Crippen MR) is 95.4 cm³/mol. The van der Waals surface area contributed by atoms with Crippen LogP contribution in [0.25, 0.3) is 11.0 Å². The van der Waals surface area contributed by atoms with Crippen molar-refractivity contribution in [2.45, 2.75) is 25.4 Å². The third-order valence-corrected chi connectivity index (χ3v) is 4.20. The Bertz CT molecular complexity index is 841. The molecule has 2 aromatic carbocycles. The van der Waals surface area contributed by atoms with E-state index in [-0.39, 0.29) is 11.9 Å². The molecule has 0 aliphatic rings. The Morgan fingerprint density at radius 1 is 1.17 bits per heavy atom. The van der Waals surface area contributed by atoms with Gasteiger partial charge >= 0.3 is 0 Å². The fourth-order valence-electron chi connectivity index (χ4n) is 2.90. The first-order valence-corrected chi connectivity index (χ1v) is 8.07. The largest absolute Gasteiger partial charge is 0.345 e. The van der Waals surface area contributed by atoms with Crippen LogP contribution in [0, 0.1) is 0 Å². The van der Waals surface area contributed by atoms with Crippen molar-refractivity contribution in [3.8, 4) is 0 Å². The third kappa shape index (κ3) is 3.31. The molecule has 0 aliphatic heterocycles. The quantitative estimate of drug-likeness (QED) is 0.757. The molecule has 3 rings (SSSR count). The first-order valence-electron chi connectivity index (χ1n) is 8.07. The van der Waals surface area contributed by atoms with E-state index in [0.29, 0.717) is 6.42 Å². The van der Waals surface area contributed by atoms with Gasteiger partial charge in [-0.25, -0.2) is 4.98 Å². The summed E-state index contributed by atoms with van der Waals surface area (Å²) >= 11 is 0. The summed E-state index contributed by atoms with van der Waals surface area (Å²) in [6.45, 7) is 1.92. The van der Waals surface area contributed by atoms with Crippen LogP contribution >= 0.6 is 0 Å². The van der Waals surface area contributed by atoms with Gasteiger partial charge in [0.2, 0.25) is 5.91 Å². The SMILES string of the molecule is CC(NC(=O)C(N)Cc1ccccc1)c1nc2ccccc2n1C. The first-order chi connectivity index (χ1) is 11.6. The number of benzene rings is 2. The normalized spacial score (nSPS) is 13.6. The molecule has 1 heterocycles. The monoisotopic (exact) mass is 322 g/mol. The average Bonchev–Trinajstić information content (AvgIpc) is 2.93. The Kier molecular flexibility index (Phi) is 4.62. The Morgan fingerprint density at radius 2 is 1.83 bits per heavy atom. The van der Waals surface area contributed by atoms with E-state index in [1.165, 1.54) is 0 Å². The van der Waals surface area contributed by atoms with E-state index in [1.807, 2.05) is 73.1 Å². The fourth-order valence-corrected chi connectivity index (χ4v) is 2.90. The highest BCUT2D eigenvalue weighted by atomic mass is 16.2. The molecule has 1 aromatic heterocycles. The van der Waals surface area contributed by atoms with E-state index in [1.54, 1.807) is 0 Å². The van der Waals surface area contributed by atoms with E-state index in [0.717, 1.165) is 22.4 Å². The Labute approximate surface area is 141 Å². The number of para-hydroxylation sites is 2. The van der Waals surface area contributed by atoms with Crippen molar-refractivity contribution < 1.29 is 4.79 Å². The van der Waals surface area contributed by atoms with Crippen molar-refractivity contribution in [3.05, 3.63) is 66.0 Å². The summed E-state index contributed by atoms with van der Waals surface area (Å²) in [4.78, 5) is 17.0. The molecule has 2 atom stereocenters. The van der Waals surface area contributed by atoms with Gasteiger partial charge in [0.05, 0.1) is 23.1 Å². The maximum Gasteiger partial charge on any atom is 0.237 e. The van der Waals surface area contributed by atoms with Crippen LogP contribution in [-0.4, -0.2) is 21.5 Å². The lowest BCUT2D eigenvalue weighted by Gasteiger charge is -2.17. The van der Waals surface area contributed by atoms with E-state index in [9.17, 15) is 4.79 Å². The van der Waals surface area contributed by atoms with E-state index >= 15 is 0 Å². The Balaban J connectivity index is 1.70. The molecule has 0 fully saturated rings. The number of nitrogens with two attached hydrogens (primary N) is 1. The number of imidazole rings is 1. The molecular weight excluding hydrogens is 300 g/mol. The highest BCUT2D eigenvalue weighted by molar-refractivity contribution is 5.82. The number of rotatable bonds is 5. The van der Waals surface area contributed by atoms with Crippen molar-refractivity contribution in [2.24, 2.45) is 12.8 Å². The molecule has 0 aliphatic carbocycles. The van der Waals surface area contributed by atoms with Crippen molar-refractivity contribution >= 4 is 16.9 Å². The van der Waals surface area contributed by atoms with Gasteiger partial charge in [-0.1, -0.05) is 42.5 Å². The molecule has 1 amide bonds. The van der Waals surface area contributed by atoms with Gasteiger partial charge in [-0.2, -0.15) is 0 Å². The minimum absolute atomic E-state index is 0.168. The van der Waals surface area contributed by atoms with Crippen molar-refractivity contribution in [1.82, 2.24) is 14.9 Å². The van der Waals surface area contributed by atoms with Gasteiger partial charge in [0.15, 0.2) is 0 Å².